The Balaban J connectivity index is 1.39. The SMILES string of the molecule is C=C/C=C(\C=C/C)P(c1ccccc1)c1cccc2c1OC13Oc4c(cccc4P(C(/C=C\C)=C/C=C)c4ccccc4)C[C@@H]1CCC[C@H]3C2. The van der Waals surface area contributed by atoms with Crippen molar-refractivity contribution in [1.29, 1.82) is 0 Å². The second kappa shape index (κ2) is 15.3. The van der Waals surface area contributed by atoms with E-state index in [0.717, 1.165) is 37.2 Å². The van der Waals surface area contributed by atoms with Crippen LogP contribution in [0.1, 0.15) is 44.2 Å². The van der Waals surface area contributed by atoms with Crippen LogP contribution in [-0.4, -0.2) is 5.79 Å². The van der Waals surface area contributed by atoms with Crippen LogP contribution >= 0.6 is 15.8 Å². The minimum atomic E-state index is -0.909. The van der Waals surface area contributed by atoms with Gasteiger partial charge in [-0.05, 0) is 87.7 Å². The number of hydrogen-bond donors (Lipinski definition) is 0. The van der Waals surface area contributed by atoms with Crippen LogP contribution < -0.4 is 30.7 Å². The first-order valence-corrected chi connectivity index (χ1v) is 20.5. The summed E-state index contributed by atoms with van der Waals surface area (Å²) in [5, 5.41) is 7.56. The number of fused-ring (bicyclic) bond motifs is 2. The van der Waals surface area contributed by atoms with E-state index >= 15 is 0 Å². The summed E-state index contributed by atoms with van der Waals surface area (Å²) >= 11 is 0. The summed E-state index contributed by atoms with van der Waals surface area (Å²) in [6, 6.07) is 35.4. The monoisotopic (exact) mass is 692 g/mol. The van der Waals surface area contributed by atoms with Crippen molar-refractivity contribution < 1.29 is 9.47 Å². The summed E-state index contributed by atoms with van der Waals surface area (Å²) in [5.41, 5.74) is 2.58. The molecule has 252 valence electrons. The molecule has 1 spiro atoms. The van der Waals surface area contributed by atoms with Crippen LogP contribution in [0.3, 0.4) is 0 Å². The lowest BCUT2D eigenvalue weighted by molar-refractivity contribution is -0.225. The first-order valence-electron chi connectivity index (χ1n) is 17.8. The van der Waals surface area contributed by atoms with Crippen molar-refractivity contribution in [3.8, 4) is 11.5 Å². The van der Waals surface area contributed by atoms with Crippen molar-refractivity contribution in [3.05, 3.63) is 181 Å². The van der Waals surface area contributed by atoms with Crippen LogP contribution in [0, 0.1) is 11.8 Å². The second-order valence-corrected chi connectivity index (χ2v) is 17.6. The Hall–Kier alpha value is -4.22. The minimum Gasteiger partial charge on any atom is -0.451 e. The fourth-order valence-electron chi connectivity index (χ4n) is 8.09. The van der Waals surface area contributed by atoms with Gasteiger partial charge in [0.2, 0.25) is 0 Å². The number of benzene rings is 4. The van der Waals surface area contributed by atoms with Crippen molar-refractivity contribution in [2.24, 2.45) is 11.8 Å². The molecule has 4 aromatic carbocycles. The second-order valence-electron chi connectivity index (χ2n) is 13.2. The smallest absolute Gasteiger partial charge is 0.257 e. The van der Waals surface area contributed by atoms with Crippen LogP contribution in [-0.2, 0) is 12.8 Å². The Morgan fingerprint density at radius 2 is 1.06 bits per heavy atom. The van der Waals surface area contributed by atoms with E-state index in [-0.39, 0.29) is 11.8 Å². The number of allylic oxidation sites excluding steroid dienone is 10. The van der Waals surface area contributed by atoms with Gasteiger partial charge in [0.1, 0.15) is 11.5 Å². The summed E-state index contributed by atoms with van der Waals surface area (Å²) in [4.78, 5) is 0. The van der Waals surface area contributed by atoms with Crippen LogP contribution in [0.4, 0.5) is 0 Å². The molecule has 2 nitrogen and oxygen atoms in total. The Labute approximate surface area is 301 Å². The zero-order valence-corrected chi connectivity index (χ0v) is 31.0. The minimum absolute atomic E-state index is 0.272. The van der Waals surface area contributed by atoms with Gasteiger partial charge in [0.05, 0.1) is 0 Å². The lowest BCUT2D eigenvalue weighted by atomic mass is 9.68. The van der Waals surface area contributed by atoms with Crippen LogP contribution in [0.5, 0.6) is 11.5 Å². The molecule has 0 saturated heterocycles. The molecule has 50 heavy (non-hydrogen) atoms. The van der Waals surface area contributed by atoms with E-state index in [4.69, 9.17) is 9.47 Å². The molecule has 1 aliphatic carbocycles. The molecule has 0 aromatic heterocycles. The van der Waals surface area contributed by atoms with Gasteiger partial charge in [-0.25, -0.2) is 0 Å². The molecular formula is C46H46O2P2. The normalized spacial score (nSPS) is 22.7. The maximum atomic E-state index is 7.60. The van der Waals surface area contributed by atoms with E-state index in [1.54, 1.807) is 0 Å². The van der Waals surface area contributed by atoms with Crippen molar-refractivity contribution in [1.82, 2.24) is 0 Å². The Morgan fingerprint density at radius 3 is 1.46 bits per heavy atom. The third-order valence-electron chi connectivity index (χ3n) is 10.1. The highest BCUT2D eigenvalue weighted by Gasteiger charge is 2.57. The van der Waals surface area contributed by atoms with Crippen molar-refractivity contribution in [3.63, 3.8) is 0 Å². The lowest BCUT2D eigenvalue weighted by Gasteiger charge is -2.54. The molecule has 3 aliphatic rings. The van der Waals surface area contributed by atoms with Gasteiger partial charge in [0.15, 0.2) is 0 Å². The van der Waals surface area contributed by atoms with Crippen LogP contribution in [0.2, 0.25) is 0 Å². The maximum absolute atomic E-state index is 7.60. The molecule has 0 N–H and O–H groups in total. The van der Waals surface area contributed by atoms with E-state index in [0.29, 0.717) is 0 Å². The van der Waals surface area contributed by atoms with Crippen molar-refractivity contribution in [2.75, 3.05) is 0 Å². The highest BCUT2D eigenvalue weighted by molar-refractivity contribution is 7.77. The van der Waals surface area contributed by atoms with E-state index in [1.807, 2.05) is 12.2 Å². The van der Waals surface area contributed by atoms with Gasteiger partial charge in [0.25, 0.3) is 5.79 Å². The molecule has 0 radical (unpaired) electrons. The Kier molecular flexibility index (Phi) is 10.5. The average Bonchev–Trinajstić information content (AvgIpc) is 3.14. The third-order valence-corrected chi connectivity index (χ3v) is 15.1. The quantitative estimate of drug-likeness (QED) is 0.122. The first kappa shape index (κ1) is 34.2. The van der Waals surface area contributed by atoms with Gasteiger partial charge in [-0.3, -0.25) is 0 Å². The number of ether oxygens (including phenoxy) is 2. The van der Waals surface area contributed by atoms with Gasteiger partial charge in [0, 0.05) is 22.4 Å². The molecule has 0 amide bonds. The molecule has 7 rings (SSSR count). The summed E-state index contributed by atoms with van der Waals surface area (Å²) < 4.78 is 15.2. The molecule has 2 unspecified atom stereocenters. The first-order chi connectivity index (χ1) is 24.6. The highest BCUT2D eigenvalue weighted by atomic mass is 31.1. The maximum Gasteiger partial charge on any atom is 0.257 e. The summed E-state index contributed by atoms with van der Waals surface area (Å²) in [6.45, 7) is 12.3. The van der Waals surface area contributed by atoms with Crippen molar-refractivity contribution in [2.45, 2.75) is 51.7 Å². The number of para-hydroxylation sites is 2. The van der Waals surface area contributed by atoms with Crippen LogP contribution in [0.25, 0.3) is 0 Å². The number of rotatable bonds is 10. The fraction of sp³-hybridized carbons (Fsp3) is 0.217. The Bertz CT molecular complexity index is 1830. The van der Waals surface area contributed by atoms with Crippen LogP contribution in [0.15, 0.2) is 169 Å². The molecule has 0 bridgehead atoms. The molecule has 1 saturated carbocycles. The van der Waals surface area contributed by atoms with Gasteiger partial charge in [-0.15, -0.1) is 0 Å². The van der Waals surface area contributed by atoms with Crippen molar-refractivity contribution >= 4 is 37.1 Å². The molecule has 2 aliphatic heterocycles. The zero-order chi connectivity index (χ0) is 34.5. The summed E-state index contributed by atoms with van der Waals surface area (Å²) in [6.07, 6.45) is 22.2. The van der Waals surface area contributed by atoms with E-state index in [1.165, 1.54) is 49.4 Å². The molecule has 4 aromatic rings. The topological polar surface area (TPSA) is 18.5 Å². The predicted molar refractivity (Wildman–Crippen MR) is 217 cm³/mol. The summed E-state index contributed by atoms with van der Waals surface area (Å²) in [5.74, 6) is 1.84. The molecule has 4 atom stereocenters. The van der Waals surface area contributed by atoms with E-state index in [9.17, 15) is 0 Å². The van der Waals surface area contributed by atoms with Gasteiger partial charge >= 0.3 is 0 Å². The molecule has 1 fully saturated rings. The third kappa shape index (κ3) is 6.41. The highest BCUT2D eigenvalue weighted by Crippen LogP contribution is 2.57. The van der Waals surface area contributed by atoms with Gasteiger partial charge in [-0.1, -0.05) is 165 Å². The molecular weight excluding hydrogens is 646 g/mol. The fourth-order valence-corrected chi connectivity index (χ4v) is 13.1. The van der Waals surface area contributed by atoms with Gasteiger partial charge in [-0.2, -0.15) is 0 Å². The number of hydrogen-bond acceptors (Lipinski definition) is 2. The molecule has 4 heteroatoms. The van der Waals surface area contributed by atoms with Gasteiger partial charge < -0.3 is 9.47 Å². The zero-order valence-electron chi connectivity index (χ0n) is 29.2. The largest absolute Gasteiger partial charge is 0.451 e. The van der Waals surface area contributed by atoms with E-state index in [2.05, 4.69) is 161 Å². The average molecular weight is 693 g/mol. The standard InChI is InChI=1S/C46H46O2P2/c1-5-18-38(19-6-2)49(40-26-11-9-12-27-40)42-30-15-22-34-32-36-24-17-25-37-33-35-23-16-31-43(45(35)48-46(36,37)47-44(34)42)50(39(20-7-3)21-8-4)41-28-13-10-14-29-41/h5-16,18-23,26-31,36-37H,1,3,17,24-25,32-33H2,2,4H3/b19-6-,21-8-,38-18+,39-20+/t36-,37-,46?,49?,50?/m0/s1. The lowest BCUT2D eigenvalue weighted by Crippen LogP contribution is -2.62. The Morgan fingerprint density at radius 1 is 0.620 bits per heavy atom. The predicted octanol–water partition coefficient (Wildman–Crippen LogP) is 10.5. The summed E-state index contributed by atoms with van der Waals surface area (Å²) in [7, 11) is -1.82. The van der Waals surface area contributed by atoms with E-state index < -0.39 is 21.6 Å². The molecule has 2 heterocycles.